The number of nitrogens with zero attached hydrogens (tertiary/aromatic N) is 2. The molecule has 1 aromatic heterocycles. The summed E-state index contributed by atoms with van der Waals surface area (Å²) in [6.07, 6.45) is 1.11. The van der Waals surface area contributed by atoms with Gasteiger partial charge in [-0.3, -0.25) is 4.79 Å². The first-order valence-electron chi connectivity index (χ1n) is 6.30. The van der Waals surface area contributed by atoms with E-state index in [-0.39, 0.29) is 5.91 Å². The van der Waals surface area contributed by atoms with Crippen LogP contribution in [0.5, 0.6) is 0 Å². The molecule has 0 aromatic carbocycles. The standard InChI is InChI=1S/C13H19N3OS/c1-3-10-9-16(7-8-18-10)13(17)11-5-4-6-12(14-2)15-11/h4-6,10H,3,7-9H2,1-2H3,(H,14,15). The molecule has 0 radical (unpaired) electrons. The van der Waals surface area contributed by atoms with Gasteiger partial charge >= 0.3 is 0 Å². The van der Waals surface area contributed by atoms with E-state index in [9.17, 15) is 4.79 Å². The average molecular weight is 265 g/mol. The summed E-state index contributed by atoms with van der Waals surface area (Å²) in [7, 11) is 1.81. The molecule has 1 aliphatic heterocycles. The van der Waals surface area contributed by atoms with Crippen molar-refractivity contribution in [2.24, 2.45) is 0 Å². The van der Waals surface area contributed by atoms with Gasteiger partial charge in [-0.1, -0.05) is 13.0 Å². The van der Waals surface area contributed by atoms with Crippen LogP contribution >= 0.6 is 11.8 Å². The van der Waals surface area contributed by atoms with Crippen LogP contribution in [0.1, 0.15) is 23.8 Å². The Morgan fingerprint density at radius 3 is 3.17 bits per heavy atom. The Labute approximate surface area is 112 Å². The second-order valence-electron chi connectivity index (χ2n) is 4.31. The van der Waals surface area contributed by atoms with Gasteiger partial charge in [-0.15, -0.1) is 0 Å². The lowest BCUT2D eigenvalue weighted by atomic mass is 10.2. The Kier molecular flexibility index (Phi) is 4.47. The van der Waals surface area contributed by atoms with Crippen molar-refractivity contribution < 1.29 is 4.79 Å². The Morgan fingerprint density at radius 1 is 1.61 bits per heavy atom. The molecule has 18 heavy (non-hydrogen) atoms. The molecular weight excluding hydrogens is 246 g/mol. The zero-order chi connectivity index (χ0) is 13.0. The number of aromatic nitrogens is 1. The van der Waals surface area contributed by atoms with E-state index in [4.69, 9.17) is 0 Å². The van der Waals surface area contributed by atoms with Crippen LogP contribution in [-0.2, 0) is 0 Å². The highest BCUT2D eigenvalue weighted by atomic mass is 32.2. The van der Waals surface area contributed by atoms with Crippen LogP contribution in [-0.4, -0.2) is 46.9 Å². The number of carbonyl (C=O) groups is 1. The monoisotopic (exact) mass is 265 g/mol. The molecule has 1 amide bonds. The molecule has 0 saturated carbocycles. The van der Waals surface area contributed by atoms with Crippen molar-refractivity contribution in [2.75, 3.05) is 31.2 Å². The quantitative estimate of drug-likeness (QED) is 0.909. The molecule has 2 rings (SSSR count). The largest absolute Gasteiger partial charge is 0.373 e. The third kappa shape index (κ3) is 2.96. The van der Waals surface area contributed by atoms with Crippen molar-refractivity contribution in [3.8, 4) is 0 Å². The Morgan fingerprint density at radius 2 is 2.44 bits per heavy atom. The van der Waals surface area contributed by atoms with Crippen molar-refractivity contribution in [3.63, 3.8) is 0 Å². The van der Waals surface area contributed by atoms with Gasteiger partial charge in [0.25, 0.3) is 5.91 Å². The normalized spacial score (nSPS) is 19.7. The number of nitrogens with one attached hydrogen (secondary N) is 1. The third-order valence-corrected chi connectivity index (χ3v) is 4.48. The number of amides is 1. The number of pyridine rings is 1. The van der Waals surface area contributed by atoms with E-state index in [1.165, 1.54) is 0 Å². The highest BCUT2D eigenvalue weighted by molar-refractivity contribution is 8.00. The van der Waals surface area contributed by atoms with Crippen LogP contribution in [0.15, 0.2) is 18.2 Å². The number of anilines is 1. The number of hydrogen-bond donors (Lipinski definition) is 1. The maximum atomic E-state index is 12.4. The molecule has 1 N–H and O–H groups in total. The van der Waals surface area contributed by atoms with E-state index in [1.54, 1.807) is 13.1 Å². The summed E-state index contributed by atoms with van der Waals surface area (Å²) in [5.74, 6) is 1.81. The smallest absolute Gasteiger partial charge is 0.272 e. The fourth-order valence-corrected chi connectivity index (χ4v) is 3.19. The summed E-state index contributed by atoms with van der Waals surface area (Å²) < 4.78 is 0. The van der Waals surface area contributed by atoms with E-state index in [1.807, 2.05) is 28.8 Å². The Balaban J connectivity index is 2.10. The minimum absolute atomic E-state index is 0.0471. The SMILES string of the molecule is CCC1CN(C(=O)c2cccc(NC)n2)CCS1. The van der Waals surface area contributed by atoms with Gasteiger partial charge in [0.05, 0.1) is 0 Å². The molecule has 1 fully saturated rings. The van der Waals surface area contributed by atoms with E-state index in [0.29, 0.717) is 10.9 Å². The summed E-state index contributed by atoms with van der Waals surface area (Å²) in [6, 6.07) is 5.51. The van der Waals surface area contributed by atoms with Crippen LogP contribution in [0.2, 0.25) is 0 Å². The third-order valence-electron chi connectivity index (χ3n) is 3.11. The number of rotatable bonds is 3. The van der Waals surface area contributed by atoms with E-state index in [0.717, 1.165) is 31.1 Å². The molecule has 1 unspecified atom stereocenters. The minimum Gasteiger partial charge on any atom is -0.373 e. The topological polar surface area (TPSA) is 45.2 Å². The van der Waals surface area contributed by atoms with Gasteiger partial charge in [-0.05, 0) is 18.6 Å². The molecule has 1 atom stereocenters. The molecule has 4 nitrogen and oxygen atoms in total. The second-order valence-corrected chi connectivity index (χ2v) is 5.72. The predicted octanol–water partition coefficient (Wildman–Crippen LogP) is 2.09. The van der Waals surface area contributed by atoms with Crippen molar-refractivity contribution in [3.05, 3.63) is 23.9 Å². The Hall–Kier alpha value is -1.23. The van der Waals surface area contributed by atoms with Crippen molar-refractivity contribution in [1.29, 1.82) is 0 Å². The summed E-state index contributed by atoms with van der Waals surface area (Å²) in [4.78, 5) is 18.6. The zero-order valence-electron chi connectivity index (χ0n) is 10.8. The minimum atomic E-state index is 0.0471. The highest BCUT2D eigenvalue weighted by Gasteiger charge is 2.24. The maximum Gasteiger partial charge on any atom is 0.272 e. The lowest BCUT2D eigenvalue weighted by molar-refractivity contribution is 0.0755. The summed E-state index contributed by atoms with van der Waals surface area (Å²) >= 11 is 1.96. The van der Waals surface area contributed by atoms with Crippen molar-refractivity contribution >= 4 is 23.5 Å². The first kappa shape index (κ1) is 13.2. The first-order chi connectivity index (χ1) is 8.74. The van der Waals surface area contributed by atoms with Crippen molar-refractivity contribution in [1.82, 2.24) is 9.88 Å². The number of carbonyl (C=O) groups excluding carboxylic acids is 1. The Bertz CT molecular complexity index is 424. The maximum absolute atomic E-state index is 12.4. The van der Waals surface area contributed by atoms with Gasteiger partial charge in [-0.2, -0.15) is 11.8 Å². The molecule has 0 spiro atoms. The molecule has 1 saturated heterocycles. The molecule has 1 aromatic rings. The molecule has 5 heteroatoms. The molecule has 0 aliphatic carbocycles. The van der Waals surface area contributed by atoms with Gasteiger partial charge in [0.1, 0.15) is 11.5 Å². The van der Waals surface area contributed by atoms with Gasteiger partial charge in [0, 0.05) is 31.1 Å². The van der Waals surface area contributed by atoms with Gasteiger partial charge < -0.3 is 10.2 Å². The highest BCUT2D eigenvalue weighted by Crippen LogP contribution is 2.22. The van der Waals surface area contributed by atoms with Crippen LogP contribution < -0.4 is 5.32 Å². The summed E-state index contributed by atoms with van der Waals surface area (Å²) in [5.41, 5.74) is 0.531. The fraction of sp³-hybridized carbons (Fsp3) is 0.538. The number of hydrogen-bond acceptors (Lipinski definition) is 4. The summed E-state index contributed by atoms with van der Waals surface area (Å²) in [6.45, 7) is 3.84. The van der Waals surface area contributed by atoms with Crippen LogP contribution in [0.25, 0.3) is 0 Å². The van der Waals surface area contributed by atoms with E-state index in [2.05, 4.69) is 17.2 Å². The number of thioether (sulfide) groups is 1. The van der Waals surface area contributed by atoms with Gasteiger partial charge in [0.2, 0.25) is 0 Å². The van der Waals surface area contributed by atoms with Crippen LogP contribution in [0.4, 0.5) is 5.82 Å². The van der Waals surface area contributed by atoms with Gasteiger partial charge in [-0.25, -0.2) is 4.98 Å². The zero-order valence-corrected chi connectivity index (χ0v) is 11.7. The molecule has 1 aliphatic rings. The lowest BCUT2D eigenvalue weighted by Crippen LogP contribution is -2.42. The van der Waals surface area contributed by atoms with Gasteiger partial charge in [0.15, 0.2) is 0 Å². The fourth-order valence-electron chi connectivity index (χ4n) is 2.01. The summed E-state index contributed by atoms with van der Waals surface area (Å²) in [5, 5.41) is 3.52. The first-order valence-corrected chi connectivity index (χ1v) is 7.35. The second kappa shape index (κ2) is 6.09. The van der Waals surface area contributed by atoms with E-state index < -0.39 is 0 Å². The molecule has 0 bridgehead atoms. The van der Waals surface area contributed by atoms with Crippen LogP contribution in [0.3, 0.4) is 0 Å². The van der Waals surface area contributed by atoms with Crippen molar-refractivity contribution in [2.45, 2.75) is 18.6 Å². The van der Waals surface area contributed by atoms with E-state index >= 15 is 0 Å². The predicted molar refractivity (Wildman–Crippen MR) is 76.2 cm³/mol. The molecule has 98 valence electrons. The molecule has 2 heterocycles. The average Bonchev–Trinajstić information content (AvgIpc) is 2.46. The van der Waals surface area contributed by atoms with Crippen LogP contribution in [0, 0.1) is 0 Å². The molecular formula is C13H19N3OS. The lowest BCUT2D eigenvalue weighted by Gasteiger charge is -2.31.